The maximum absolute atomic E-state index is 13.0. The molecule has 2 aromatic carbocycles. The summed E-state index contributed by atoms with van der Waals surface area (Å²) in [5.41, 5.74) is 3.56. The molecule has 1 aliphatic rings. The van der Waals surface area contributed by atoms with Gasteiger partial charge in [0.1, 0.15) is 0 Å². The molecule has 2 N–H and O–H groups in total. The summed E-state index contributed by atoms with van der Waals surface area (Å²) >= 11 is 0. The van der Waals surface area contributed by atoms with E-state index in [1.807, 2.05) is 30.0 Å². The molecule has 110 valence electrons. The summed E-state index contributed by atoms with van der Waals surface area (Å²) in [6, 6.07) is 13.4. The molecule has 0 saturated carbocycles. The Morgan fingerprint density at radius 3 is 2.82 bits per heavy atom. The van der Waals surface area contributed by atoms with Gasteiger partial charge in [-0.3, -0.25) is 4.79 Å². The van der Waals surface area contributed by atoms with E-state index in [1.165, 1.54) is 5.56 Å². The number of amides is 1. The van der Waals surface area contributed by atoms with Gasteiger partial charge in [-0.05, 0) is 37.1 Å². The minimum atomic E-state index is -0.301. The van der Waals surface area contributed by atoms with Gasteiger partial charge in [-0.2, -0.15) is 0 Å². The van der Waals surface area contributed by atoms with Crippen LogP contribution in [0.3, 0.4) is 0 Å². The average Bonchev–Trinajstić information content (AvgIpc) is 3.04. The lowest BCUT2D eigenvalue weighted by Crippen LogP contribution is -2.35. The third-order valence-electron chi connectivity index (χ3n) is 4.21. The number of imidazole rings is 1. The number of carbonyl (C=O) groups excluding carboxylic acids is 1. The monoisotopic (exact) mass is 293 g/mol. The molecule has 0 aliphatic carbocycles. The zero-order valence-electron chi connectivity index (χ0n) is 12.1. The highest BCUT2D eigenvalue weighted by Crippen LogP contribution is 2.33. The summed E-state index contributed by atoms with van der Waals surface area (Å²) in [7, 11) is 0. The van der Waals surface area contributed by atoms with Crippen molar-refractivity contribution in [3.63, 3.8) is 0 Å². The molecule has 1 aliphatic heterocycles. The molecule has 3 aromatic rings. The van der Waals surface area contributed by atoms with Crippen molar-refractivity contribution < 1.29 is 4.79 Å². The number of hydrogen-bond acceptors (Lipinski definition) is 2. The second kappa shape index (κ2) is 4.59. The topological polar surface area (TPSA) is 69.0 Å². The molecule has 0 fully saturated rings. The molecule has 5 nitrogen and oxygen atoms in total. The van der Waals surface area contributed by atoms with Gasteiger partial charge in [-0.25, -0.2) is 4.79 Å². The highest BCUT2D eigenvalue weighted by atomic mass is 16.2. The number of aromatic nitrogens is 2. The molecular formula is C17H15N3O2. The van der Waals surface area contributed by atoms with E-state index in [2.05, 4.69) is 16.0 Å². The first-order chi connectivity index (χ1) is 10.6. The van der Waals surface area contributed by atoms with Crippen LogP contribution < -0.4 is 10.6 Å². The number of hydrogen-bond donors (Lipinski definition) is 2. The highest BCUT2D eigenvalue weighted by molar-refractivity contribution is 6.13. The molecule has 0 spiro atoms. The van der Waals surface area contributed by atoms with Crippen molar-refractivity contribution in [2.45, 2.75) is 19.4 Å². The predicted molar refractivity (Wildman–Crippen MR) is 85.3 cm³/mol. The van der Waals surface area contributed by atoms with Gasteiger partial charge in [0.05, 0.1) is 16.6 Å². The Balaban J connectivity index is 1.86. The number of carbonyl (C=O) groups is 1. The molecule has 4 rings (SSSR count). The Kier molecular flexibility index (Phi) is 2.69. The fourth-order valence-corrected chi connectivity index (χ4v) is 3.24. The van der Waals surface area contributed by atoms with E-state index < -0.39 is 0 Å². The number of benzene rings is 2. The lowest BCUT2D eigenvalue weighted by atomic mass is 10.1. The fourth-order valence-electron chi connectivity index (χ4n) is 3.24. The summed E-state index contributed by atoms with van der Waals surface area (Å²) in [6.45, 7) is 2.04. The van der Waals surface area contributed by atoms with Gasteiger partial charge in [0, 0.05) is 11.7 Å². The van der Waals surface area contributed by atoms with Crippen LogP contribution in [0.15, 0.2) is 47.3 Å². The van der Waals surface area contributed by atoms with Crippen LogP contribution in [0.5, 0.6) is 0 Å². The molecule has 1 unspecified atom stereocenters. The van der Waals surface area contributed by atoms with Gasteiger partial charge in [-0.15, -0.1) is 0 Å². The third kappa shape index (κ3) is 1.79. The second-order valence-electron chi connectivity index (χ2n) is 5.66. The molecule has 0 radical (unpaired) electrons. The van der Waals surface area contributed by atoms with E-state index in [4.69, 9.17) is 0 Å². The SMILES string of the molecule is CC1Cc2ccccc2N1C(=O)c1cccc2[nH]c(=O)[nH]c12. The predicted octanol–water partition coefficient (Wildman–Crippen LogP) is 2.45. The molecule has 2 heterocycles. The van der Waals surface area contributed by atoms with E-state index >= 15 is 0 Å². The zero-order chi connectivity index (χ0) is 15.3. The van der Waals surface area contributed by atoms with Gasteiger partial charge in [0.15, 0.2) is 0 Å². The van der Waals surface area contributed by atoms with Crippen molar-refractivity contribution in [1.82, 2.24) is 9.97 Å². The summed E-state index contributed by atoms with van der Waals surface area (Å²) in [6.07, 6.45) is 0.849. The van der Waals surface area contributed by atoms with Crippen molar-refractivity contribution in [3.8, 4) is 0 Å². The van der Waals surface area contributed by atoms with Crippen LogP contribution >= 0.6 is 0 Å². The molecule has 1 atom stereocenters. The van der Waals surface area contributed by atoms with E-state index in [9.17, 15) is 9.59 Å². The standard InChI is InChI=1S/C17H15N3O2/c1-10-9-11-5-2-3-8-14(11)20(10)16(21)12-6-4-7-13-15(12)19-17(22)18-13/h2-8,10H,9H2,1H3,(H2,18,19,22). The summed E-state index contributed by atoms with van der Waals surface area (Å²) < 4.78 is 0. The molecular weight excluding hydrogens is 278 g/mol. The fraction of sp³-hybridized carbons (Fsp3) is 0.176. The van der Waals surface area contributed by atoms with E-state index in [0.29, 0.717) is 16.6 Å². The van der Waals surface area contributed by atoms with Crippen molar-refractivity contribution >= 4 is 22.6 Å². The first-order valence-corrected chi connectivity index (χ1v) is 7.27. The van der Waals surface area contributed by atoms with Crippen LogP contribution in [-0.2, 0) is 6.42 Å². The number of para-hydroxylation sites is 2. The molecule has 22 heavy (non-hydrogen) atoms. The Labute approximate surface area is 126 Å². The second-order valence-corrected chi connectivity index (χ2v) is 5.66. The Morgan fingerprint density at radius 2 is 1.95 bits per heavy atom. The molecule has 0 bridgehead atoms. The van der Waals surface area contributed by atoms with Crippen LogP contribution in [0, 0.1) is 0 Å². The number of nitrogens with zero attached hydrogens (tertiary/aromatic N) is 1. The van der Waals surface area contributed by atoms with Crippen LogP contribution in [0.25, 0.3) is 11.0 Å². The van der Waals surface area contributed by atoms with Crippen LogP contribution in [-0.4, -0.2) is 21.9 Å². The van der Waals surface area contributed by atoms with Gasteiger partial charge in [-0.1, -0.05) is 24.3 Å². The minimum absolute atomic E-state index is 0.0849. The number of rotatable bonds is 1. The zero-order valence-corrected chi connectivity index (χ0v) is 12.1. The lowest BCUT2D eigenvalue weighted by Gasteiger charge is -2.23. The maximum Gasteiger partial charge on any atom is 0.323 e. The number of aromatic amines is 2. The van der Waals surface area contributed by atoms with Crippen LogP contribution in [0.1, 0.15) is 22.8 Å². The average molecular weight is 293 g/mol. The number of fused-ring (bicyclic) bond motifs is 2. The largest absolute Gasteiger partial charge is 0.323 e. The Bertz CT molecular complexity index is 938. The van der Waals surface area contributed by atoms with E-state index in [1.54, 1.807) is 18.2 Å². The smallest absolute Gasteiger partial charge is 0.306 e. The first-order valence-electron chi connectivity index (χ1n) is 7.27. The highest BCUT2D eigenvalue weighted by Gasteiger charge is 2.32. The summed E-state index contributed by atoms with van der Waals surface area (Å²) in [5.74, 6) is -0.0849. The lowest BCUT2D eigenvalue weighted by molar-refractivity contribution is 0.0983. The summed E-state index contributed by atoms with van der Waals surface area (Å²) in [5, 5.41) is 0. The third-order valence-corrected chi connectivity index (χ3v) is 4.21. The first kappa shape index (κ1) is 12.9. The Morgan fingerprint density at radius 1 is 1.14 bits per heavy atom. The molecule has 0 saturated heterocycles. The van der Waals surface area contributed by atoms with Crippen LogP contribution in [0.2, 0.25) is 0 Å². The molecule has 5 heteroatoms. The quantitative estimate of drug-likeness (QED) is 0.723. The number of H-pyrrole nitrogens is 2. The minimum Gasteiger partial charge on any atom is -0.306 e. The van der Waals surface area contributed by atoms with Gasteiger partial charge >= 0.3 is 5.69 Å². The van der Waals surface area contributed by atoms with Crippen molar-refractivity contribution in [2.24, 2.45) is 0 Å². The molecule has 1 aromatic heterocycles. The Hall–Kier alpha value is -2.82. The van der Waals surface area contributed by atoms with Crippen molar-refractivity contribution in [1.29, 1.82) is 0 Å². The number of nitrogens with one attached hydrogen (secondary N) is 2. The van der Waals surface area contributed by atoms with E-state index in [0.717, 1.165) is 12.1 Å². The van der Waals surface area contributed by atoms with Crippen molar-refractivity contribution in [3.05, 3.63) is 64.1 Å². The van der Waals surface area contributed by atoms with Gasteiger partial charge in [0.2, 0.25) is 0 Å². The van der Waals surface area contributed by atoms with E-state index in [-0.39, 0.29) is 17.6 Å². The van der Waals surface area contributed by atoms with Gasteiger partial charge in [0.25, 0.3) is 5.91 Å². The van der Waals surface area contributed by atoms with Crippen LogP contribution in [0.4, 0.5) is 5.69 Å². The normalized spacial score (nSPS) is 17.0. The van der Waals surface area contributed by atoms with Gasteiger partial charge < -0.3 is 14.9 Å². The van der Waals surface area contributed by atoms with Crippen molar-refractivity contribution in [2.75, 3.05) is 4.90 Å². The summed E-state index contributed by atoms with van der Waals surface area (Å²) in [4.78, 5) is 31.8. The molecule has 1 amide bonds. The maximum atomic E-state index is 13.0. The number of anilines is 1.